The normalized spacial score (nSPS) is 19.3. The Bertz CT molecular complexity index is 534. The van der Waals surface area contributed by atoms with Gasteiger partial charge in [-0.25, -0.2) is 15.0 Å². The van der Waals surface area contributed by atoms with Gasteiger partial charge in [-0.15, -0.1) is 11.3 Å². The van der Waals surface area contributed by atoms with Gasteiger partial charge in [0.25, 0.3) is 0 Å². The summed E-state index contributed by atoms with van der Waals surface area (Å²) in [6.07, 6.45) is 4.19. The summed E-state index contributed by atoms with van der Waals surface area (Å²) < 4.78 is 0. The summed E-state index contributed by atoms with van der Waals surface area (Å²) >= 11 is 1.57. The molecule has 6 heteroatoms. The molecule has 0 aliphatic carbocycles. The van der Waals surface area contributed by atoms with Crippen LogP contribution in [0.4, 0.5) is 10.9 Å². The lowest BCUT2D eigenvalue weighted by Crippen LogP contribution is -2.29. The summed E-state index contributed by atoms with van der Waals surface area (Å²) in [5, 5.41) is 9.48. The minimum atomic E-state index is 0.493. The number of hydrogen-bond acceptors (Lipinski definition) is 6. The van der Waals surface area contributed by atoms with Crippen LogP contribution in [0.15, 0.2) is 17.6 Å². The highest BCUT2D eigenvalue weighted by Crippen LogP contribution is 2.25. The molecule has 100 valence electrons. The van der Waals surface area contributed by atoms with E-state index in [1.54, 1.807) is 17.5 Å². The van der Waals surface area contributed by atoms with E-state index >= 15 is 0 Å². The molecular weight excluding hydrogens is 258 g/mol. The van der Waals surface area contributed by atoms with Crippen LogP contribution >= 0.6 is 11.3 Å². The SMILES string of the molecule is Cc1nc(Nc2nccs2)cc([C@@H]2CCCNC2)n1. The molecule has 0 spiro atoms. The first-order valence-electron chi connectivity index (χ1n) is 6.54. The van der Waals surface area contributed by atoms with Gasteiger partial charge in [-0.2, -0.15) is 0 Å². The predicted molar refractivity (Wildman–Crippen MR) is 77.0 cm³/mol. The van der Waals surface area contributed by atoms with Crippen LogP contribution in [0.5, 0.6) is 0 Å². The number of nitrogens with zero attached hydrogens (tertiary/aromatic N) is 3. The van der Waals surface area contributed by atoms with E-state index < -0.39 is 0 Å². The fourth-order valence-electron chi connectivity index (χ4n) is 2.36. The predicted octanol–water partition coefficient (Wildman–Crippen LogP) is 2.45. The lowest BCUT2D eigenvalue weighted by molar-refractivity contribution is 0.453. The molecular formula is C13H17N5S. The lowest BCUT2D eigenvalue weighted by Gasteiger charge is -2.22. The Hall–Kier alpha value is -1.53. The van der Waals surface area contributed by atoms with Crippen LogP contribution < -0.4 is 10.6 Å². The molecule has 2 N–H and O–H groups in total. The average molecular weight is 275 g/mol. The number of rotatable bonds is 3. The van der Waals surface area contributed by atoms with Crippen molar-refractivity contribution in [1.82, 2.24) is 20.3 Å². The minimum Gasteiger partial charge on any atom is -0.316 e. The van der Waals surface area contributed by atoms with Crippen LogP contribution in [0.25, 0.3) is 0 Å². The number of thiazole rings is 1. The Morgan fingerprint density at radius 3 is 3.11 bits per heavy atom. The van der Waals surface area contributed by atoms with Crippen molar-refractivity contribution in [3.63, 3.8) is 0 Å². The Morgan fingerprint density at radius 1 is 1.42 bits per heavy atom. The molecule has 0 bridgehead atoms. The van der Waals surface area contributed by atoms with Crippen molar-refractivity contribution >= 4 is 22.3 Å². The molecule has 0 amide bonds. The molecule has 2 aromatic rings. The van der Waals surface area contributed by atoms with E-state index in [-0.39, 0.29) is 0 Å². The Kier molecular flexibility index (Phi) is 3.70. The highest BCUT2D eigenvalue weighted by molar-refractivity contribution is 7.13. The summed E-state index contributed by atoms with van der Waals surface area (Å²) in [5.74, 6) is 2.14. The number of piperidine rings is 1. The molecule has 3 heterocycles. The van der Waals surface area contributed by atoms with Crippen molar-refractivity contribution in [1.29, 1.82) is 0 Å². The van der Waals surface area contributed by atoms with Gasteiger partial charge in [-0.1, -0.05) is 0 Å². The van der Waals surface area contributed by atoms with E-state index in [4.69, 9.17) is 0 Å². The zero-order valence-electron chi connectivity index (χ0n) is 10.9. The van der Waals surface area contributed by atoms with Crippen LogP contribution in [0, 0.1) is 6.92 Å². The van der Waals surface area contributed by atoms with Crippen molar-refractivity contribution < 1.29 is 0 Å². The van der Waals surface area contributed by atoms with Crippen molar-refractivity contribution in [3.05, 3.63) is 29.2 Å². The smallest absolute Gasteiger partial charge is 0.188 e. The number of aromatic nitrogens is 3. The molecule has 19 heavy (non-hydrogen) atoms. The monoisotopic (exact) mass is 275 g/mol. The maximum Gasteiger partial charge on any atom is 0.188 e. The summed E-state index contributed by atoms with van der Waals surface area (Å²) in [7, 11) is 0. The summed E-state index contributed by atoms with van der Waals surface area (Å²) in [4.78, 5) is 13.2. The quantitative estimate of drug-likeness (QED) is 0.901. The summed E-state index contributed by atoms with van der Waals surface area (Å²) in [6, 6.07) is 2.05. The topological polar surface area (TPSA) is 62.7 Å². The maximum atomic E-state index is 4.58. The van der Waals surface area contributed by atoms with E-state index in [2.05, 4.69) is 25.6 Å². The Balaban J connectivity index is 1.82. The van der Waals surface area contributed by atoms with Gasteiger partial charge in [0.15, 0.2) is 5.13 Å². The molecule has 0 radical (unpaired) electrons. The van der Waals surface area contributed by atoms with Crippen LogP contribution in [-0.2, 0) is 0 Å². The van der Waals surface area contributed by atoms with Crippen LogP contribution in [0.1, 0.15) is 30.3 Å². The number of nitrogens with one attached hydrogen (secondary N) is 2. The molecule has 0 unspecified atom stereocenters. The molecule has 2 aromatic heterocycles. The molecule has 1 fully saturated rings. The Morgan fingerprint density at radius 2 is 2.37 bits per heavy atom. The minimum absolute atomic E-state index is 0.493. The first-order valence-corrected chi connectivity index (χ1v) is 7.42. The largest absolute Gasteiger partial charge is 0.316 e. The van der Waals surface area contributed by atoms with Gasteiger partial charge in [0.1, 0.15) is 11.6 Å². The first kappa shape index (κ1) is 12.5. The fourth-order valence-corrected chi connectivity index (χ4v) is 2.90. The van der Waals surface area contributed by atoms with Crippen molar-refractivity contribution in [2.24, 2.45) is 0 Å². The molecule has 5 nitrogen and oxygen atoms in total. The fraction of sp³-hybridized carbons (Fsp3) is 0.462. The lowest BCUT2D eigenvalue weighted by atomic mass is 9.96. The summed E-state index contributed by atoms with van der Waals surface area (Å²) in [6.45, 7) is 4.06. The van der Waals surface area contributed by atoms with Gasteiger partial charge in [0.05, 0.1) is 5.69 Å². The second kappa shape index (κ2) is 5.63. The van der Waals surface area contributed by atoms with Gasteiger partial charge < -0.3 is 10.6 Å². The molecule has 1 atom stereocenters. The van der Waals surface area contributed by atoms with E-state index in [1.165, 1.54) is 12.8 Å². The van der Waals surface area contributed by atoms with E-state index in [1.807, 2.05) is 18.4 Å². The van der Waals surface area contributed by atoms with E-state index in [9.17, 15) is 0 Å². The standard InChI is InChI=1S/C13H17N5S/c1-9-16-11(10-3-2-4-14-8-10)7-12(17-9)18-13-15-5-6-19-13/h5-7,10,14H,2-4,8H2,1H3,(H,15,16,17,18)/t10-/m1/s1. The van der Waals surface area contributed by atoms with E-state index in [0.29, 0.717) is 5.92 Å². The number of aryl methyl sites for hydroxylation is 1. The van der Waals surface area contributed by atoms with Gasteiger partial charge in [-0.05, 0) is 26.3 Å². The maximum absolute atomic E-state index is 4.58. The second-order valence-corrected chi connectivity index (χ2v) is 5.63. The molecule has 0 saturated carbocycles. The third-order valence-corrected chi connectivity index (χ3v) is 3.93. The van der Waals surface area contributed by atoms with E-state index in [0.717, 1.165) is 35.6 Å². The number of anilines is 2. The van der Waals surface area contributed by atoms with Gasteiger partial charge in [-0.3, -0.25) is 0 Å². The van der Waals surface area contributed by atoms with Gasteiger partial charge >= 0.3 is 0 Å². The molecule has 1 aliphatic heterocycles. The first-order chi connectivity index (χ1) is 9.31. The molecule has 3 rings (SSSR count). The van der Waals surface area contributed by atoms with Crippen molar-refractivity contribution in [2.45, 2.75) is 25.7 Å². The molecule has 1 aliphatic rings. The Labute approximate surface area is 116 Å². The highest BCUT2D eigenvalue weighted by atomic mass is 32.1. The second-order valence-electron chi connectivity index (χ2n) is 4.73. The summed E-state index contributed by atoms with van der Waals surface area (Å²) in [5.41, 5.74) is 1.12. The zero-order chi connectivity index (χ0) is 13.1. The number of hydrogen-bond donors (Lipinski definition) is 2. The van der Waals surface area contributed by atoms with Crippen LogP contribution in [0.3, 0.4) is 0 Å². The highest BCUT2D eigenvalue weighted by Gasteiger charge is 2.17. The van der Waals surface area contributed by atoms with Crippen LogP contribution in [-0.4, -0.2) is 28.0 Å². The van der Waals surface area contributed by atoms with Crippen molar-refractivity contribution in [3.8, 4) is 0 Å². The molecule has 0 aromatic carbocycles. The van der Waals surface area contributed by atoms with Crippen LogP contribution in [0.2, 0.25) is 0 Å². The van der Waals surface area contributed by atoms with Gasteiger partial charge in [0.2, 0.25) is 0 Å². The third kappa shape index (κ3) is 3.08. The average Bonchev–Trinajstić information content (AvgIpc) is 2.92. The third-order valence-electron chi connectivity index (χ3n) is 3.24. The zero-order valence-corrected chi connectivity index (χ0v) is 11.7. The van der Waals surface area contributed by atoms with Gasteiger partial charge in [0, 0.05) is 30.1 Å². The molecule has 1 saturated heterocycles. The van der Waals surface area contributed by atoms with Crippen molar-refractivity contribution in [2.75, 3.05) is 18.4 Å².